The van der Waals surface area contributed by atoms with Crippen LogP contribution in [0.4, 0.5) is 0 Å². The van der Waals surface area contributed by atoms with Gasteiger partial charge in [-0.15, -0.1) is 0 Å². The quantitative estimate of drug-likeness (QED) is 0.405. The van der Waals surface area contributed by atoms with Crippen LogP contribution >= 0.6 is 35.4 Å². The zero-order chi connectivity index (χ0) is 18.0. The highest BCUT2D eigenvalue weighted by atomic mass is 35.5. The molecule has 0 spiro atoms. The number of hydrazone groups is 1. The summed E-state index contributed by atoms with van der Waals surface area (Å²) in [6.45, 7) is 0. The van der Waals surface area contributed by atoms with Crippen LogP contribution in [0.5, 0.6) is 0 Å². The van der Waals surface area contributed by atoms with E-state index in [1.54, 1.807) is 30.3 Å². The zero-order valence-electron chi connectivity index (χ0n) is 12.7. The van der Waals surface area contributed by atoms with E-state index in [4.69, 9.17) is 41.2 Å². The van der Waals surface area contributed by atoms with Crippen molar-refractivity contribution in [1.82, 2.24) is 9.99 Å². The molecule has 8 heteroatoms. The molecule has 126 valence electrons. The maximum Gasteiger partial charge on any atom is 0.265 e. The normalized spacial score (nSPS) is 11.1. The topological polar surface area (TPSA) is 72.4 Å². The molecular formula is C17H12Cl2N4OS. The number of thiocarbonyl (C=S) groups is 1. The summed E-state index contributed by atoms with van der Waals surface area (Å²) in [5.41, 5.74) is 9.40. The largest absolute Gasteiger partial charge is 0.375 e. The minimum absolute atomic E-state index is 0.0308. The van der Waals surface area contributed by atoms with Gasteiger partial charge in [-0.3, -0.25) is 14.8 Å². The number of para-hydroxylation sites is 1. The summed E-state index contributed by atoms with van der Waals surface area (Å²) in [5, 5.41) is 5.31. The average molecular weight is 391 g/mol. The summed E-state index contributed by atoms with van der Waals surface area (Å²) >= 11 is 17.3. The fourth-order valence-corrected chi connectivity index (χ4v) is 3.06. The predicted molar refractivity (Wildman–Crippen MR) is 106 cm³/mol. The van der Waals surface area contributed by atoms with Gasteiger partial charge in [0.1, 0.15) is 5.15 Å². The van der Waals surface area contributed by atoms with E-state index >= 15 is 0 Å². The van der Waals surface area contributed by atoms with Crippen LogP contribution in [0, 0.1) is 0 Å². The highest BCUT2D eigenvalue weighted by Crippen LogP contribution is 2.30. The van der Waals surface area contributed by atoms with Gasteiger partial charge >= 0.3 is 0 Å². The van der Waals surface area contributed by atoms with Crippen molar-refractivity contribution in [3.8, 4) is 0 Å². The molecule has 0 radical (unpaired) electrons. The lowest BCUT2D eigenvalue weighted by atomic mass is 10.2. The van der Waals surface area contributed by atoms with Gasteiger partial charge in [0.25, 0.3) is 5.91 Å². The molecule has 1 aromatic heterocycles. The lowest BCUT2D eigenvalue weighted by molar-refractivity contribution is 0.0965. The second-order valence-electron chi connectivity index (χ2n) is 5.08. The first-order chi connectivity index (χ1) is 12.0. The third-order valence-electron chi connectivity index (χ3n) is 3.53. The average Bonchev–Trinajstić information content (AvgIpc) is 2.87. The SMILES string of the molecule is NC(=S)N/N=C/c1c(Cl)n(C(=O)c2ccccc2Cl)c2ccccc12. The number of halogens is 2. The fraction of sp³-hybridized carbons (Fsp3) is 0. The van der Waals surface area contributed by atoms with Crippen molar-refractivity contribution < 1.29 is 4.79 Å². The van der Waals surface area contributed by atoms with Crippen molar-refractivity contribution in [2.45, 2.75) is 0 Å². The van der Waals surface area contributed by atoms with Crippen LogP contribution in [-0.4, -0.2) is 21.8 Å². The summed E-state index contributed by atoms with van der Waals surface area (Å²) in [6.07, 6.45) is 1.47. The summed E-state index contributed by atoms with van der Waals surface area (Å²) in [4.78, 5) is 13.0. The second kappa shape index (κ2) is 7.23. The van der Waals surface area contributed by atoms with Gasteiger partial charge in [0.2, 0.25) is 0 Å². The molecule has 0 saturated heterocycles. The molecule has 2 aromatic carbocycles. The molecule has 25 heavy (non-hydrogen) atoms. The molecule has 1 heterocycles. The van der Waals surface area contributed by atoms with Crippen molar-refractivity contribution in [2.24, 2.45) is 10.8 Å². The predicted octanol–water partition coefficient (Wildman–Crippen LogP) is 3.80. The number of benzene rings is 2. The van der Waals surface area contributed by atoms with Crippen LogP contribution in [0.2, 0.25) is 10.2 Å². The van der Waals surface area contributed by atoms with Crippen LogP contribution in [0.1, 0.15) is 15.9 Å². The number of hydrogen-bond donors (Lipinski definition) is 2. The number of nitrogens with one attached hydrogen (secondary N) is 1. The first-order valence-corrected chi connectivity index (χ1v) is 8.34. The molecule has 0 aliphatic heterocycles. The Morgan fingerprint density at radius 3 is 2.56 bits per heavy atom. The van der Waals surface area contributed by atoms with Crippen molar-refractivity contribution in [3.05, 3.63) is 69.8 Å². The molecule has 3 rings (SSSR count). The Hall–Kier alpha value is -2.41. The third kappa shape index (κ3) is 3.37. The Kier molecular flexibility index (Phi) is 5.03. The third-order valence-corrected chi connectivity index (χ3v) is 4.32. The van der Waals surface area contributed by atoms with Crippen LogP contribution in [0.25, 0.3) is 10.9 Å². The lowest BCUT2D eigenvalue weighted by Gasteiger charge is -2.07. The van der Waals surface area contributed by atoms with E-state index in [2.05, 4.69) is 10.5 Å². The number of carbonyl (C=O) groups is 1. The lowest BCUT2D eigenvalue weighted by Crippen LogP contribution is -2.24. The number of rotatable bonds is 3. The first kappa shape index (κ1) is 17.4. The number of hydrogen-bond acceptors (Lipinski definition) is 3. The zero-order valence-corrected chi connectivity index (χ0v) is 15.1. The van der Waals surface area contributed by atoms with Crippen molar-refractivity contribution in [2.75, 3.05) is 0 Å². The van der Waals surface area contributed by atoms with Crippen molar-refractivity contribution >= 4 is 63.6 Å². The number of aromatic nitrogens is 1. The molecule has 3 N–H and O–H groups in total. The Balaban J connectivity index is 2.18. The van der Waals surface area contributed by atoms with Crippen LogP contribution in [0.15, 0.2) is 53.6 Å². The Bertz CT molecular complexity index is 1010. The van der Waals surface area contributed by atoms with Crippen LogP contribution in [0.3, 0.4) is 0 Å². The molecule has 0 aliphatic carbocycles. The molecule has 0 aliphatic rings. The highest BCUT2D eigenvalue weighted by Gasteiger charge is 2.21. The molecule has 0 atom stereocenters. The highest BCUT2D eigenvalue weighted by molar-refractivity contribution is 7.80. The Labute approximate surface area is 159 Å². The minimum atomic E-state index is -0.325. The smallest absolute Gasteiger partial charge is 0.265 e. The number of nitrogens with zero attached hydrogens (tertiary/aromatic N) is 2. The van der Waals surface area contributed by atoms with Crippen molar-refractivity contribution in [1.29, 1.82) is 0 Å². The van der Waals surface area contributed by atoms with Crippen LogP contribution in [-0.2, 0) is 0 Å². The van der Waals surface area contributed by atoms with E-state index in [0.717, 1.165) is 5.39 Å². The fourth-order valence-electron chi connectivity index (χ4n) is 2.47. The van der Waals surface area contributed by atoms with Gasteiger partial charge < -0.3 is 5.73 Å². The van der Waals surface area contributed by atoms with Gasteiger partial charge in [-0.25, -0.2) is 0 Å². The van der Waals surface area contributed by atoms with Gasteiger partial charge in [0.05, 0.1) is 22.3 Å². The van der Waals surface area contributed by atoms with Crippen molar-refractivity contribution in [3.63, 3.8) is 0 Å². The standard InChI is InChI=1S/C17H12Cl2N4OS/c18-13-7-3-1-6-11(13)16(24)23-14-8-4-2-5-10(14)12(15(23)19)9-21-22-17(20)25/h1-9H,(H3,20,22,25)/b21-9+. The molecular weight excluding hydrogens is 379 g/mol. The molecule has 0 fully saturated rings. The van der Waals surface area contributed by atoms with E-state index in [1.807, 2.05) is 18.2 Å². The number of carbonyl (C=O) groups excluding carboxylic acids is 1. The molecule has 0 bridgehead atoms. The minimum Gasteiger partial charge on any atom is -0.375 e. The molecule has 3 aromatic rings. The van der Waals surface area contributed by atoms with Gasteiger partial charge in [-0.05, 0) is 30.4 Å². The number of nitrogens with two attached hydrogens (primary N) is 1. The summed E-state index contributed by atoms with van der Waals surface area (Å²) in [6, 6.07) is 14.1. The monoisotopic (exact) mass is 390 g/mol. The molecule has 0 unspecified atom stereocenters. The van der Waals surface area contributed by atoms with Gasteiger partial charge in [-0.1, -0.05) is 53.5 Å². The Morgan fingerprint density at radius 2 is 1.84 bits per heavy atom. The number of fused-ring (bicyclic) bond motifs is 1. The summed E-state index contributed by atoms with van der Waals surface area (Å²) in [5.74, 6) is -0.325. The van der Waals surface area contributed by atoms with E-state index in [0.29, 0.717) is 21.7 Å². The first-order valence-electron chi connectivity index (χ1n) is 7.17. The van der Waals surface area contributed by atoms with Gasteiger partial charge in [-0.2, -0.15) is 5.10 Å². The van der Waals surface area contributed by atoms with E-state index < -0.39 is 0 Å². The summed E-state index contributed by atoms with van der Waals surface area (Å²) in [7, 11) is 0. The van der Waals surface area contributed by atoms with Crippen LogP contribution < -0.4 is 11.2 Å². The second-order valence-corrected chi connectivity index (χ2v) is 6.28. The maximum absolute atomic E-state index is 13.0. The van der Waals surface area contributed by atoms with Gasteiger partial charge in [0.15, 0.2) is 5.11 Å². The van der Waals surface area contributed by atoms with E-state index in [1.165, 1.54) is 10.8 Å². The summed E-state index contributed by atoms with van der Waals surface area (Å²) < 4.78 is 1.40. The molecule has 0 amide bonds. The van der Waals surface area contributed by atoms with Gasteiger partial charge in [0, 0.05) is 10.9 Å². The Morgan fingerprint density at radius 1 is 1.16 bits per heavy atom. The maximum atomic E-state index is 13.0. The van der Waals surface area contributed by atoms with E-state index in [-0.39, 0.29) is 16.2 Å². The molecule has 5 nitrogen and oxygen atoms in total. The molecule has 0 saturated carbocycles. The van der Waals surface area contributed by atoms with E-state index in [9.17, 15) is 4.79 Å².